The molecule has 4 aromatic rings. The van der Waals surface area contributed by atoms with Gasteiger partial charge in [-0.15, -0.1) is 0 Å². The van der Waals surface area contributed by atoms with Crippen LogP contribution in [-0.2, 0) is 6.54 Å². The molecule has 3 heterocycles. The van der Waals surface area contributed by atoms with Crippen molar-refractivity contribution in [3.8, 4) is 23.2 Å². The van der Waals surface area contributed by atoms with Crippen LogP contribution in [0.1, 0.15) is 22.5 Å². The fourth-order valence-corrected chi connectivity index (χ4v) is 3.17. The first-order chi connectivity index (χ1) is 15.2. The second-order valence-corrected chi connectivity index (χ2v) is 6.78. The van der Waals surface area contributed by atoms with Crippen LogP contribution in [0.4, 0.5) is 4.39 Å². The third-order valence-corrected chi connectivity index (χ3v) is 4.65. The number of aromatic nitrogens is 3. The standard InChI is InChI=1S/C23H18FN5O2/c24-18-6-8-19(9-7-18)29-21(14-20(27-29)22-5-2-13-31-22)23(30)28(12-3-10-25)16-17-4-1-11-26-15-17/h1-2,4-9,11,13-15H,3,12,16H2. The Morgan fingerprint density at radius 2 is 2.03 bits per heavy atom. The topological polar surface area (TPSA) is 87.9 Å². The average molecular weight is 415 g/mol. The fraction of sp³-hybridized carbons (Fsp3) is 0.130. The minimum absolute atomic E-state index is 0.182. The lowest BCUT2D eigenvalue weighted by molar-refractivity contribution is 0.0737. The van der Waals surface area contributed by atoms with Crippen LogP contribution >= 0.6 is 0 Å². The van der Waals surface area contributed by atoms with E-state index in [2.05, 4.69) is 16.2 Å². The first-order valence-electron chi connectivity index (χ1n) is 9.61. The lowest BCUT2D eigenvalue weighted by Crippen LogP contribution is -2.33. The zero-order chi connectivity index (χ0) is 21.6. The largest absolute Gasteiger partial charge is 0.463 e. The molecule has 4 rings (SSSR count). The van der Waals surface area contributed by atoms with Crippen LogP contribution < -0.4 is 0 Å². The third kappa shape index (κ3) is 4.51. The molecule has 0 aliphatic rings. The van der Waals surface area contributed by atoms with Crippen molar-refractivity contribution < 1.29 is 13.6 Å². The molecule has 3 aromatic heterocycles. The van der Waals surface area contributed by atoms with Gasteiger partial charge in [-0.2, -0.15) is 10.4 Å². The maximum atomic E-state index is 13.5. The van der Waals surface area contributed by atoms with E-state index in [4.69, 9.17) is 9.68 Å². The molecule has 0 unspecified atom stereocenters. The van der Waals surface area contributed by atoms with Crippen molar-refractivity contribution in [2.75, 3.05) is 6.54 Å². The van der Waals surface area contributed by atoms with Crippen LogP contribution in [0, 0.1) is 17.1 Å². The molecule has 31 heavy (non-hydrogen) atoms. The minimum atomic E-state index is -0.387. The minimum Gasteiger partial charge on any atom is -0.463 e. The average Bonchev–Trinajstić information content (AvgIpc) is 3.47. The van der Waals surface area contributed by atoms with E-state index in [9.17, 15) is 9.18 Å². The van der Waals surface area contributed by atoms with Gasteiger partial charge in [0, 0.05) is 31.5 Å². The molecular weight excluding hydrogens is 397 g/mol. The molecule has 0 saturated carbocycles. The van der Waals surface area contributed by atoms with Crippen molar-refractivity contribution in [1.29, 1.82) is 5.26 Å². The van der Waals surface area contributed by atoms with Gasteiger partial charge < -0.3 is 9.32 Å². The number of hydrogen-bond acceptors (Lipinski definition) is 5. The van der Waals surface area contributed by atoms with E-state index < -0.39 is 0 Å². The maximum Gasteiger partial charge on any atom is 0.272 e. The summed E-state index contributed by atoms with van der Waals surface area (Å²) in [6.45, 7) is 0.536. The lowest BCUT2D eigenvalue weighted by atomic mass is 10.2. The number of hydrogen-bond donors (Lipinski definition) is 0. The summed E-state index contributed by atoms with van der Waals surface area (Å²) in [4.78, 5) is 19.2. The molecule has 8 heteroatoms. The summed E-state index contributed by atoms with van der Waals surface area (Å²) < 4.78 is 20.3. The molecule has 7 nitrogen and oxygen atoms in total. The normalized spacial score (nSPS) is 10.6. The van der Waals surface area contributed by atoms with Crippen molar-refractivity contribution in [1.82, 2.24) is 19.7 Å². The lowest BCUT2D eigenvalue weighted by Gasteiger charge is -2.22. The van der Waals surface area contributed by atoms with E-state index in [0.717, 1.165) is 5.56 Å². The molecule has 0 bridgehead atoms. The molecule has 0 radical (unpaired) electrons. The highest BCUT2D eigenvalue weighted by atomic mass is 19.1. The molecule has 0 fully saturated rings. The van der Waals surface area contributed by atoms with E-state index in [1.165, 1.54) is 23.1 Å². The van der Waals surface area contributed by atoms with E-state index in [1.54, 1.807) is 53.7 Å². The molecule has 0 aliphatic heterocycles. The zero-order valence-electron chi connectivity index (χ0n) is 16.5. The summed E-state index contributed by atoms with van der Waals surface area (Å²) >= 11 is 0. The second-order valence-electron chi connectivity index (χ2n) is 6.78. The third-order valence-electron chi connectivity index (χ3n) is 4.65. The Morgan fingerprint density at radius 3 is 2.71 bits per heavy atom. The Kier molecular flexibility index (Phi) is 5.85. The summed E-state index contributed by atoms with van der Waals surface area (Å²) in [6.07, 6.45) is 5.04. The van der Waals surface area contributed by atoms with Gasteiger partial charge in [0.15, 0.2) is 5.76 Å². The predicted octanol–water partition coefficient (Wildman–Crippen LogP) is 4.22. The SMILES string of the molecule is N#CCCN(Cc1cccnc1)C(=O)c1cc(-c2ccco2)nn1-c1ccc(F)cc1. The summed E-state index contributed by atoms with van der Waals surface area (Å²) in [6, 6.07) is 16.6. The Morgan fingerprint density at radius 1 is 1.19 bits per heavy atom. The summed E-state index contributed by atoms with van der Waals surface area (Å²) in [5.41, 5.74) is 2.12. The number of halogens is 1. The van der Waals surface area contributed by atoms with Crippen LogP contribution in [0.15, 0.2) is 77.7 Å². The molecule has 0 aliphatic carbocycles. The first kappa shape index (κ1) is 20.0. The number of nitrogens with zero attached hydrogens (tertiary/aromatic N) is 5. The van der Waals surface area contributed by atoms with Gasteiger partial charge in [-0.25, -0.2) is 9.07 Å². The number of rotatable bonds is 7. The van der Waals surface area contributed by atoms with E-state index in [0.29, 0.717) is 23.7 Å². The van der Waals surface area contributed by atoms with Gasteiger partial charge >= 0.3 is 0 Å². The van der Waals surface area contributed by atoms with Gasteiger partial charge in [0.1, 0.15) is 17.2 Å². The number of amides is 1. The Bertz CT molecular complexity index is 1200. The van der Waals surface area contributed by atoms with Crippen LogP contribution in [0.2, 0.25) is 0 Å². The summed E-state index contributed by atoms with van der Waals surface area (Å²) in [5.74, 6) is -0.193. The molecule has 154 valence electrons. The monoisotopic (exact) mass is 415 g/mol. The van der Waals surface area contributed by atoms with E-state index in [-0.39, 0.29) is 30.4 Å². The van der Waals surface area contributed by atoms with Crippen molar-refractivity contribution in [2.24, 2.45) is 0 Å². The number of pyridine rings is 1. The quantitative estimate of drug-likeness (QED) is 0.451. The van der Waals surface area contributed by atoms with Gasteiger partial charge in [-0.3, -0.25) is 9.78 Å². The molecule has 0 N–H and O–H groups in total. The molecule has 0 atom stereocenters. The van der Waals surface area contributed by atoms with E-state index >= 15 is 0 Å². The van der Waals surface area contributed by atoms with Crippen molar-refractivity contribution in [3.05, 3.63) is 90.3 Å². The van der Waals surface area contributed by atoms with Crippen LogP contribution in [0.3, 0.4) is 0 Å². The van der Waals surface area contributed by atoms with Crippen LogP contribution in [0.5, 0.6) is 0 Å². The number of nitriles is 1. The Hall–Kier alpha value is -4.25. The van der Waals surface area contributed by atoms with Gasteiger partial charge in [0.25, 0.3) is 5.91 Å². The van der Waals surface area contributed by atoms with Gasteiger partial charge in [0.05, 0.1) is 24.4 Å². The number of furan rings is 1. The molecule has 0 saturated heterocycles. The van der Waals surface area contributed by atoms with Crippen LogP contribution in [0.25, 0.3) is 17.1 Å². The van der Waals surface area contributed by atoms with E-state index in [1.807, 2.05) is 6.07 Å². The van der Waals surface area contributed by atoms with Gasteiger partial charge in [0.2, 0.25) is 0 Å². The highest BCUT2D eigenvalue weighted by Gasteiger charge is 2.24. The van der Waals surface area contributed by atoms with Crippen LogP contribution in [-0.4, -0.2) is 32.1 Å². The predicted molar refractivity (Wildman–Crippen MR) is 110 cm³/mol. The van der Waals surface area contributed by atoms with Crippen molar-refractivity contribution >= 4 is 5.91 Å². The Balaban J connectivity index is 1.75. The van der Waals surface area contributed by atoms with Gasteiger partial charge in [-0.05, 0) is 48.0 Å². The molecule has 1 aromatic carbocycles. The highest BCUT2D eigenvalue weighted by Crippen LogP contribution is 2.24. The number of carbonyl (C=O) groups is 1. The maximum absolute atomic E-state index is 13.5. The van der Waals surface area contributed by atoms with Crippen molar-refractivity contribution in [2.45, 2.75) is 13.0 Å². The Labute approximate surface area is 178 Å². The number of carbonyl (C=O) groups excluding carboxylic acids is 1. The fourth-order valence-electron chi connectivity index (χ4n) is 3.17. The van der Waals surface area contributed by atoms with Crippen molar-refractivity contribution in [3.63, 3.8) is 0 Å². The smallest absolute Gasteiger partial charge is 0.272 e. The highest BCUT2D eigenvalue weighted by molar-refractivity contribution is 5.94. The zero-order valence-corrected chi connectivity index (χ0v) is 16.5. The summed E-state index contributed by atoms with van der Waals surface area (Å²) in [5, 5.41) is 13.6. The molecule has 1 amide bonds. The summed E-state index contributed by atoms with van der Waals surface area (Å²) in [7, 11) is 0. The number of benzene rings is 1. The van der Waals surface area contributed by atoms with Gasteiger partial charge in [-0.1, -0.05) is 6.07 Å². The second kappa shape index (κ2) is 9.05. The molecule has 0 spiro atoms. The molecular formula is C23H18FN5O2. The first-order valence-corrected chi connectivity index (χ1v) is 9.61.